The van der Waals surface area contributed by atoms with Gasteiger partial charge in [0.25, 0.3) is 5.91 Å². The molecular formula is C22H18ClIN2O3. The summed E-state index contributed by atoms with van der Waals surface area (Å²) >= 11 is 8.18. The van der Waals surface area contributed by atoms with Gasteiger partial charge in [0.05, 0.1) is 10.2 Å². The molecule has 2 rings (SSSR count). The fourth-order valence-corrected chi connectivity index (χ4v) is 3.39. The van der Waals surface area contributed by atoms with E-state index in [2.05, 4.69) is 33.8 Å². The number of halogens is 2. The van der Waals surface area contributed by atoms with Crippen LogP contribution in [0.5, 0.6) is 11.5 Å². The molecule has 0 saturated heterocycles. The van der Waals surface area contributed by atoms with Crippen molar-refractivity contribution in [1.29, 1.82) is 5.26 Å². The highest BCUT2D eigenvalue weighted by atomic mass is 127. The van der Waals surface area contributed by atoms with Crippen LogP contribution in [0.15, 0.2) is 35.9 Å². The molecule has 2 aromatic rings. The number of carbonyl (C=O) groups is 1. The van der Waals surface area contributed by atoms with Crippen LogP contribution in [-0.2, 0) is 4.79 Å². The normalized spacial score (nSPS) is 10.6. The van der Waals surface area contributed by atoms with Crippen molar-refractivity contribution < 1.29 is 14.3 Å². The van der Waals surface area contributed by atoms with Crippen LogP contribution < -0.4 is 14.8 Å². The average molecular weight is 521 g/mol. The standard InChI is InChI=1S/C22H18ClIN2O3/c1-4-9-29-21-18(24)11-15(12-20(21)28-5-2)10-16(13-25)22(27)26-19-8-6-7-17(23)14(19)3/h1,6-8,10-12H,5,9H2,2-3H3,(H,26,27)/b16-10+. The minimum atomic E-state index is -0.529. The zero-order chi connectivity index (χ0) is 21.4. The number of hydrogen-bond acceptors (Lipinski definition) is 4. The maximum atomic E-state index is 12.6. The highest BCUT2D eigenvalue weighted by molar-refractivity contribution is 14.1. The fraction of sp³-hybridized carbons (Fsp3) is 0.182. The van der Waals surface area contributed by atoms with E-state index in [1.165, 1.54) is 6.08 Å². The molecule has 0 aliphatic heterocycles. The second-order valence-electron chi connectivity index (χ2n) is 5.79. The fourth-order valence-electron chi connectivity index (χ4n) is 2.44. The molecule has 7 heteroatoms. The molecular weight excluding hydrogens is 503 g/mol. The second kappa shape index (κ2) is 10.8. The van der Waals surface area contributed by atoms with E-state index in [0.717, 1.165) is 9.13 Å². The van der Waals surface area contributed by atoms with Crippen molar-refractivity contribution in [3.05, 3.63) is 55.6 Å². The first-order valence-electron chi connectivity index (χ1n) is 8.62. The van der Waals surface area contributed by atoms with E-state index >= 15 is 0 Å². The van der Waals surface area contributed by atoms with Gasteiger partial charge in [-0.2, -0.15) is 5.26 Å². The molecule has 1 amide bonds. The molecule has 0 aliphatic carbocycles. The molecule has 0 aliphatic rings. The maximum Gasteiger partial charge on any atom is 0.266 e. The molecule has 0 aromatic heterocycles. The van der Waals surface area contributed by atoms with Gasteiger partial charge in [0.15, 0.2) is 11.5 Å². The summed E-state index contributed by atoms with van der Waals surface area (Å²) < 4.78 is 11.9. The van der Waals surface area contributed by atoms with Crippen LogP contribution in [0.2, 0.25) is 5.02 Å². The largest absolute Gasteiger partial charge is 0.490 e. The molecule has 148 valence electrons. The Morgan fingerprint density at radius 3 is 2.79 bits per heavy atom. The van der Waals surface area contributed by atoms with Crippen molar-refractivity contribution >= 4 is 51.9 Å². The van der Waals surface area contributed by atoms with Gasteiger partial charge in [-0.1, -0.05) is 23.6 Å². The third-order valence-electron chi connectivity index (χ3n) is 3.82. The predicted molar refractivity (Wildman–Crippen MR) is 123 cm³/mol. The molecule has 0 unspecified atom stereocenters. The van der Waals surface area contributed by atoms with Gasteiger partial charge in [0.1, 0.15) is 18.2 Å². The van der Waals surface area contributed by atoms with E-state index in [-0.39, 0.29) is 12.2 Å². The Morgan fingerprint density at radius 1 is 1.38 bits per heavy atom. The lowest BCUT2D eigenvalue weighted by molar-refractivity contribution is -0.112. The number of terminal acetylenes is 1. The zero-order valence-corrected chi connectivity index (χ0v) is 18.8. The van der Waals surface area contributed by atoms with E-state index in [4.69, 9.17) is 27.5 Å². The van der Waals surface area contributed by atoms with E-state index in [1.807, 2.05) is 13.0 Å². The Hall–Kier alpha value is -2.68. The summed E-state index contributed by atoms with van der Waals surface area (Å²) in [6, 6.07) is 10.6. The molecule has 0 spiro atoms. The number of amides is 1. The maximum absolute atomic E-state index is 12.6. The highest BCUT2D eigenvalue weighted by Crippen LogP contribution is 2.35. The third kappa shape index (κ3) is 5.90. The van der Waals surface area contributed by atoms with Crippen molar-refractivity contribution in [2.24, 2.45) is 0 Å². The van der Waals surface area contributed by atoms with E-state index < -0.39 is 5.91 Å². The summed E-state index contributed by atoms with van der Waals surface area (Å²) in [7, 11) is 0. The van der Waals surface area contributed by atoms with Crippen LogP contribution in [-0.4, -0.2) is 19.1 Å². The first-order chi connectivity index (χ1) is 13.9. The number of rotatable bonds is 7. The van der Waals surface area contributed by atoms with Crippen LogP contribution in [0.1, 0.15) is 18.1 Å². The number of anilines is 1. The number of nitriles is 1. The molecule has 2 aromatic carbocycles. The lowest BCUT2D eigenvalue weighted by atomic mass is 10.1. The molecule has 0 saturated carbocycles. The van der Waals surface area contributed by atoms with E-state index in [9.17, 15) is 10.1 Å². The van der Waals surface area contributed by atoms with E-state index in [0.29, 0.717) is 34.4 Å². The first-order valence-corrected chi connectivity index (χ1v) is 10.1. The SMILES string of the molecule is C#CCOc1c(I)cc(/C=C(\C#N)C(=O)Nc2cccc(Cl)c2C)cc1OCC. The zero-order valence-electron chi connectivity index (χ0n) is 15.9. The Balaban J connectivity index is 2.36. The number of nitrogens with one attached hydrogen (secondary N) is 1. The van der Waals surface area contributed by atoms with Crippen LogP contribution >= 0.6 is 34.2 Å². The van der Waals surface area contributed by atoms with Gasteiger partial charge in [0, 0.05) is 10.7 Å². The van der Waals surface area contributed by atoms with Crippen molar-refractivity contribution in [3.63, 3.8) is 0 Å². The number of carbonyl (C=O) groups excluding carboxylic acids is 1. The van der Waals surface area contributed by atoms with Gasteiger partial charge in [-0.15, -0.1) is 6.42 Å². The smallest absolute Gasteiger partial charge is 0.266 e. The molecule has 0 atom stereocenters. The monoisotopic (exact) mass is 520 g/mol. The quantitative estimate of drug-likeness (QED) is 0.235. The lowest BCUT2D eigenvalue weighted by Gasteiger charge is -2.13. The van der Waals surface area contributed by atoms with Crippen LogP contribution in [0, 0.1) is 34.2 Å². The Morgan fingerprint density at radius 2 is 2.14 bits per heavy atom. The van der Waals surface area contributed by atoms with Crippen LogP contribution in [0.25, 0.3) is 6.08 Å². The number of hydrogen-bond donors (Lipinski definition) is 1. The van der Waals surface area contributed by atoms with E-state index in [1.54, 1.807) is 37.3 Å². The number of ether oxygens (including phenoxy) is 2. The molecule has 29 heavy (non-hydrogen) atoms. The Labute approximate surface area is 188 Å². The van der Waals surface area contributed by atoms with Crippen LogP contribution in [0.4, 0.5) is 5.69 Å². The topological polar surface area (TPSA) is 71.3 Å². The average Bonchev–Trinajstić information content (AvgIpc) is 2.69. The van der Waals surface area contributed by atoms with Gasteiger partial charge in [-0.05, 0) is 77.9 Å². The third-order valence-corrected chi connectivity index (χ3v) is 5.03. The molecule has 0 bridgehead atoms. The number of benzene rings is 2. The summed E-state index contributed by atoms with van der Waals surface area (Å²) in [5.74, 6) is 2.91. The van der Waals surface area contributed by atoms with Gasteiger partial charge >= 0.3 is 0 Å². The van der Waals surface area contributed by atoms with Gasteiger partial charge in [-0.3, -0.25) is 4.79 Å². The summed E-state index contributed by atoms with van der Waals surface area (Å²) in [4.78, 5) is 12.6. The minimum Gasteiger partial charge on any atom is -0.490 e. The van der Waals surface area contributed by atoms with Crippen LogP contribution in [0.3, 0.4) is 0 Å². The number of nitrogens with zero attached hydrogens (tertiary/aromatic N) is 1. The predicted octanol–water partition coefficient (Wildman–Crippen LogP) is 5.21. The van der Waals surface area contributed by atoms with Crippen molar-refractivity contribution in [3.8, 4) is 29.9 Å². The van der Waals surface area contributed by atoms with Crippen molar-refractivity contribution in [2.75, 3.05) is 18.5 Å². The highest BCUT2D eigenvalue weighted by Gasteiger charge is 2.15. The van der Waals surface area contributed by atoms with Crippen molar-refractivity contribution in [1.82, 2.24) is 0 Å². The van der Waals surface area contributed by atoms with Gasteiger partial charge < -0.3 is 14.8 Å². The summed E-state index contributed by atoms with van der Waals surface area (Å²) in [5.41, 5.74) is 1.84. The molecule has 1 N–H and O–H groups in total. The van der Waals surface area contributed by atoms with Crippen molar-refractivity contribution in [2.45, 2.75) is 13.8 Å². The summed E-state index contributed by atoms with van der Waals surface area (Å²) in [5, 5.41) is 12.7. The molecule has 5 nitrogen and oxygen atoms in total. The van der Waals surface area contributed by atoms with Gasteiger partial charge in [0.2, 0.25) is 0 Å². The Kier molecular flexibility index (Phi) is 8.38. The second-order valence-corrected chi connectivity index (χ2v) is 7.36. The Bertz CT molecular complexity index is 1040. The van der Waals surface area contributed by atoms with Gasteiger partial charge in [-0.25, -0.2) is 0 Å². The summed E-state index contributed by atoms with van der Waals surface area (Å²) in [6.07, 6.45) is 6.76. The first kappa shape index (κ1) is 22.6. The molecule has 0 heterocycles. The summed E-state index contributed by atoms with van der Waals surface area (Å²) in [6.45, 7) is 4.17. The minimum absolute atomic E-state index is 0.0556. The molecule has 0 fully saturated rings. The lowest BCUT2D eigenvalue weighted by Crippen LogP contribution is -2.14. The molecule has 0 radical (unpaired) electrons.